The van der Waals surface area contributed by atoms with Gasteiger partial charge in [-0.3, -0.25) is 13.9 Å². The van der Waals surface area contributed by atoms with Gasteiger partial charge >= 0.3 is 6.08 Å². The van der Waals surface area contributed by atoms with Gasteiger partial charge in [-0.2, -0.15) is 4.98 Å². The van der Waals surface area contributed by atoms with E-state index in [2.05, 4.69) is 17.1 Å². The van der Waals surface area contributed by atoms with Crippen LogP contribution in [-0.4, -0.2) is 30.9 Å². The molecule has 210 valence electrons. The van der Waals surface area contributed by atoms with Crippen LogP contribution >= 0.6 is 0 Å². The maximum absolute atomic E-state index is 14.1. The maximum Gasteiger partial charge on any atom is 0.415 e. The van der Waals surface area contributed by atoms with Crippen LogP contribution in [0.3, 0.4) is 0 Å². The number of aromatic nitrogens is 4. The van der Waals surface area contributed by atoms with Crippen molar-refractivity contribution in [2.75, 3.05) is 0 Å². The second-order valence-corrected chi connectivity index (χ2v) is 10.2. The molecule has 0 aliphatic heterocycles. The van der Waals surface area contributed by atoms with Crippen LogP contribution in [0.1, 0.15) is 51.2 Å². The van der Waals surface area contributed by atoms with Crippen molar-refractivity contribution in [1.29, 1.82) is 0 Å². The highest BCUT2D eigenvalue weighted by molar-refractivity contribution is 5.80. The van der Waals surface area contributed by atoms with Crippen molar-refractivity contribution in [2.45, 2.75) is 59.6 Å². The highest BCUT2D eigenvalue weighted by Crippen LogP contribution is 2.31. The van der Waals surface area contributed by atoms with Crippen molar-refractivity contribution in [1.82, 2.24) is 19.7 Å². The number of rotatable bonds is 10. The van der Waals surface area contributed by atoms with E-state index < -0.39 is 6.08 Å². The van der Waals surface area contributed by atoms with Gasteiger partial charge in [0.15, 0.2) is 0 Å². The third-order valence-corrected chi connectivity index (χ3v) is 6.84. The first kappa shape index (κ1) is 27.8. The molecule has 3 aromatic carbocycles. The lowest BCUT2D eigenvalue weighted by atomic mass is 9.98. The van der Waals surface area contributed by atoms with Gasteiger partial charge in [-0.05, 0) is 61.1 Å². The Labute approximate surface area is 239 Å². The number of nitrogens with zero attached hydrogens (tertiary/aromatic N) is 4. The molecule has 0 saturated heterocycles. The van der Waals surface area contributed by atoms with Crippen LogP contribution in [0, 0.1) is 0 Å². The standard InChI is InChI=1S/C33H34N4O4/c1-5-9-29-34-28(6-2)30(24-16-18-25(19-17-24)40-21(3)4)32(38)37(29)20-22-12-14-23(15-13-22)26-10-7-8-11-27(26)31-35-33(39)41-36-31/h7-8,10-19,21H,5-6,9,20H2,1-4H3,(H,35,36,39). The van der Waals surface area contributed by atoms with E-state index in [1.165, 1.54) is 0 Å². The van der Waals surface area contributed by atoms with Crippen molar-refractivity contribution in [3.63, 3.8) is 0 Å². The average molecular weight is 551 g/mol. The van der Waals surface area contributed by atoms with Gasteiger partial charge in [0.2, 0.25) is 5.82 Å². The van der Waals surface area contributed by atoms with E-state index in [0.717, 1.165) is 51.5 Å². The SMILES string of the molecule is CCCc1nc(CC)c(-c2ccc(OC(C)C)cc2)c(=O)n1Cc1ccc(-c2ccccc2-c2noc(O)n2)cc1. The molecule has 5 rings (SSSR count). The van der Waals surface area contributed by atoms with E-state index in [1.54, 1.807) is 0 Å². The Kier molecular flexibility index (Phi) is 8.29. The van der Waals surface area contributed by atoms with Gasteiger partial charge < -0.3 is 9.84 Å². The van der Waals surface area contributed by atoms with Gasteiger partial charge in [-0.15, -0.1) is 0 Å². The molecule has 0 aliphatic rings. The van der Waals surface area contributed by atoms with Crippen LogP contribution in [0.4, 0.5) is 0 Å². The normalized spacial score (nSPS) is 11.2. The van der Waals surface area contributed by atoms with Gasteiger partial charge in [-0.25, -0.2) is 4.98 Å². The van der Waals surface area contributed by atoms with Crippen molar-refractivity contribution in [3.8, 4) is 45.5 Å². The van der Waals surface area contributed by atoms with Crippen LogP contribution in [-0.2, 0) is 19.4 Å². The van der Waals surface area contributed by atoms with Gasteiger partial charge in [0.1, 0.15) is 11.6 Å². The number of hydrogen-bond acceptors (Lipinski definition) is 7. The number of hydrogen-bond donors (Lipinski definition) is 1. The molecule has 0 radical (unpaired) electrons. The minimum Gasteiger partial charge on any atom is -0.491 e. The average Bonchev–Trinajstić information content (AvgIpc) is 3.41. The second-order valence-electron chi connectivity index (χ2n) is 10.2. The summed E-state index contributed by atoms with van der Waals surface area (Å²) < 4.78 is 12.4. The number of aromatic hydroxyl groups is 1. The predicted molar refractivity (Wildman–Crippen MR) is 159 cm³/mol. The minimum atomic E-state index is -0.472. The summed E-state index contributed by atoms with van der Waals surface area (Å²) in [7, 11) is 0. The lowest BCUT2D eigenvalue weighted by molar-refractivity contribution is 0.242. The Morgan fingerprint density at radius 1 is 0.902 bits per heavy atom. The summed E-state index contributed by atoms with van der Waals surface area (Å²) in [4.78, 5) is 23.0. The van der Waals surface area contributed by atoms with E-state index in [-0.39, 0.29) is 11.7 Å². The fourth-order valence-corrected chi connectivity index (χ4v) is 4.97. The molecule has 0 unspecified atom stereocenters. The van der Waals surface area contributed by atoms with E-state index in [0.29, 0.717) is 30.8 Å². The highest BCUT2D eigenvalue weighted by Gasteiger charge is 2.18. The van der Waals surface area contributed by atoms with E-state index in [4.69, 9.17) is 14.2 Å². The second kappa shape index (κ2) is 12.2. The monoisotopic (exact) mass is 550 g/mol. The summed E-state index contributed by atoms with van der Waals surface area (Å²) in [6, 6.07) is 23.4. The zero-order chi connectivity index (χ0) is 28.9. The minimum absolute atomic E-state index is 0.0378. The Balaban J connectivity index is 1.50. The predicted octanol–water partition coefficient (Wildman–Crippen LogP) is 6.68. The van der Waals surface area contributed by atoms with Gasteiger partial charge in [0, 0.05) is 12.0 Å². The number of ether oxygens (including phenoxy) is 1. The Morgan fingerprint density at radius 2 is 1.59 bits per heavy atom. The zero-order valence-corrected chi connectivity index (χ0v) is 23.8. The molecule has 1 N–H and O–H groups in total. The first-order valence-electron chi connectivity index (χ1n) is 14.0. The molecule has 0 bridgehead atoms. The molecular weight excluding hydrogens is 516 g/mol. The van der Waals surface area contributed by atoms with E-state index in [1.807, 2.05) is 98.1 Å². The lowest BCUT2D eigenvalue weighted by Gasteiger charge is -2.17. The molecule has 41 heavy (non-hydrogen) atoms. The fraction of sp³-hybridized carbons (Fsp3) is 0.273. The molecule has 0 aliphatic carbocycles. The molecule has 8 heteroatoms. The largest absolute Gasteiger partial charge is 0.491 e. The summed E-state index contributed by atoms with van der Waals surface area (Å²) in [5.74, 6) is 1.89. The molecule has 0 fully saturated rings. The first-order valence-corrected chi connectivity index (χ1v) is 14.0. The number of benzene rings is 3. The van der Waals surface area contributed by atoms with E-state index >= 15 is 0 Å². The summed E-state index contributed by atoms with van der Waals surface area (Å²) in [5.41, 5.74) is 5.85. The molecule has 8 nitrogen and oxygen atoms in total. The molecule has 0 saturated carbocycles. The molecular formula is C33H34N4O4. The van der Waals surface area contributed by atoms with Crippen molar-refractivity contribution in [3.05, 3.63) is 100 Å². The van der Waals surface area contributed by atoms with Crippen LogP contribution in [0.15, 0.2) is 82.1 Å². The van der Waals surface area contributed by atoms with Crippen LogP contribution in [0.2, 0.25) is 0 Å². The third kappa shape index (κ3) is 6.06. The van der Waals surface area contributed by atoms with Crippen molar-refractivity contribution >= 4 is 0 Å². The highest BCUT2D eigenvalue weighted by atomic mass is 16.6. The zero-order valence-electron chi connectivity index (χ0n) is 23.8. The van der Waals surface area contributed by atoms with Crippen molar-refractivity contribution < 1.29 is 14.4 Å². The third-order valence-electron chi connectivity index (χ3n) is 6.84. The number of aryl methyl sites for hydroxylation is 2. The van der Waals surface area contributed by atoms with Crippen LogP contribution < -0.4 is 10.3 Å². The molecule has 0 spiro atoms. The maximum atomic E-state index is 14.1. The van der Waals surface area contributed by atoms with E-state index in [9.17, 15) is 9.90 Å². The lowest BCUT2D eigenvalue weighted by Crippen LogP contribution is -2.29. The van der Waals surface area contributed by atoms with Crippen LogP contribution in [0.5, 0.6) is 11.8 Å². The van der Waals surface area contributed by atoms with Gasteiger partial charge in [-0.1, -0.05) is 79.7 Å². The Hall–Kier alpha value is -4.72. The van der Waals surface area contributed by atoms with Crippen molar-refractivity contribution in [2.24, 2.45) is 0 Å². The summed E-state index contributed by atoms with van der Waals surface area (Å²) in [6.45, 7) is 8.52. The smallest absolute Gasteiger partial charge is 0.415 e. The molecule has 0 atom stereocenters. The Morgan fingerprint density at radius 3 is 2.20 bits per heavy atom. The first-order chi connectivity index (χ1) is 19.9. The fourth-order valence-electron chi connectivity index (χ4n) is 4.97. The Bertz CT molecular complexity index is 1690. The van der Waals surface area contributed by atoms with Crippen LogP contribution in [0.25, 0.3) is 33.6 Å². The van der Waals surface area contributed by atoms with Gasteiger partial charge in [0.25, 0.3) is 5.56 Å². The summed E-state index contributed by atoms with van der Waals surface area (Å²) in [6.07, 6.45) is 1.87. The van der Waals surface area contributed by atoms with Gasteiger partial charge in [0.05, 0.1) is 23.9 Å². The molecule has 2 heterocycles. The molecule has 0 amide bonds. The molecule has 2 aromatic heterocycles. The molecule has 5 aromatic rings. The summed E-state index contributed by atoms with van der Waals surface area (Å²) >= 11 is 0. The summed E-state index contributed by atoms with van der Waals surface area (Å²) in [5, 5.41) is 13.4. The topological polar surface area (TPSA) is 103 Å². The quantitative estimate of drug-likeness (QED) is 0.207.